The molecule has 0 aliphatic carbocycles. The summed E-state index contributed by atoms with van der Waals surface area (Å²) in [5.41, 5.74) is 8.08. The van der Waals surface area contributed by atoms with Crippen LogP contribution in [-0.4, -0.2) is 31.7 Å². The Morgan fingerprint density at radius 1 is 1.26 bits per heavy atom. The summed E-state index contributed by atoms with van der Waals surface area (Å²) in [6.07, 6.45) is 2.70. The van der Waals surface area contributed by atoms with E-state index in [9.17, 15) is 13.6 Å². The number of nitrogens with zero attached hydrogens (tertiary/aromatic N) is 1. The van der Waals surface area contributed by atoms with Crippen LogP contribution >= 0.6 is 23.1 Å². The first kappa shape index (κ1) is 24.4. The van der Waals surface area contributed by atoms with Gasteiger partial charge in [-0.3, -0.25) is 4.79 Å². The van der Waals surface area contributed by atoms with E-state index in [0.717, 1.165) is 22.3 Å². The number of anilines is 1. The third-order valence-electron chi connectivity index (χ3n) is 4.09. The maximum absolute atomic E-state index is 14.0. The number of hydrogen-bond acceptors (Lipinski definition) is 7. The van der Waals surface area contributed by atoms with E-state index in [-0.39, 0.29) is 11.3 Å². The lowest BCUT2D eigenvalue weighted by Crippen LogP contribution is -1.97. The number of rotatable bonds is 6. The van der Waals surface area contributed by atoms with Crippen molar-refractivity contribution in [1.29, 1.82) is 0 Å². The first-order chi connectivity index (χ1) is 14.8. The van der Waals surface area contributed by atoms with Gasteiger partial charge in [-0.15, -0.1) is 23.1 Å². The van der Waals surface area contributed by atoms with Crippen LogP contribution in [0.2, 0.25) is 0 Å². The number of aldehydes is 1. The maximum Gasteiger partial charge on any atom is 0.150 e. The number of benzene rings is 2. The molecule has 1 aromatic heterocycles. The Bertz CT molecular complexity index is 1080. The molecule has 2 aromatic carbocycles. The molecular formula is C22H23F2N3O2S2. The summed E-state index contributed by atoms with van der Waals surface area (Å²) in [6, 6.07) is 9.28. The SMILES string of the molecule is CNc1cc(-c2csc(/C(SC)=C(/C)N)n2)c(F)cc1F.COc1cccc(C=O)c1. The van der Waals surface area contributed by atoms with Gasteiger partial charge in [0.15, 0.2) is 0 Å². The smallest absolute Gasteiger partial charge is 0.150 e. The van der Waals surface area contributed by atoms with Crippen LogP contribution in [0, 0.1) is 11.6 Å². The maximum atomic E-state index is 14.0. The highest BCUT2D eigenvalue weighted by atomic mass is 32.2. The minimum atomic E-state index is -0.637. The fraction of sp³-hybridized carbons (Fsp3) is 0.182. The molecule has 9 heteroatoms. The van der Waals surface area contributed by atoms with E-state index in [1.54, 1.807) is 50.7 Å². The zero-order valence-corrected chi connectivity index (χ0v) is 19.2. The highest BCUT2D eigenvalue weighted by molar-refractivity contribution is 8.07. The Morgan fingerprint density at radius 3 is 2.58 bits per heavy atom. The molecular weight excluding hydrogens is 440 g/mol. The summed E-state index contributed by atoms with van der Waals surface area (Å²) in [4.78, 5) is 15.5. The summed E-state index contributed by atoms with van der Waals surface area (Å²) in [6.45, 7) is 1.80. The normalized spacial score (nSPS) is 11.2. The van der Waals surface area contributed by atoms with Crippen LogP contribution in [0.5, 0.6) is 5.75 Å². The van der Waals surface area contributed by atoms with Crippen molar-refractivity contribution in [2.24, 2.45) is 5.73 Å². The molecule has 0 aliphatic rings. The molecule has 3 N–H and O–H groups in total. The lowest BCUT2D eigenvalue weighted by atomic mass is 10.1. The van der Waals surface area contributed by atoms with Crippen LogP contribution in [-0.2, 0) is 0 Å². The number of nitrogens with one attached hydrogen (secondary N) is 1. The Kier molecular flexibility index (Phi) is 9.02. The third kappa shape index (κ3) is 6.28. The van der Waals surface area contributed by atoms with Gasteiger partial charge in [-0.2, -0.15) is 0 Å². The predicted molar refractivity (Wildman–Crippen MR) is 126 cm³/mol. The summed E-state index contributed by atoms with van der Waals surface area (Å²) >= 11 is 2.87. The number of halogens is 2. The molecule has 0 radical (unpaired) electrons. The number of nitrogens with two attached hydrogens (primary N) is 1. The van der Waals surface area contributed by atoms with Crippen molar-refractivity contribution in [2.75, 3.05) is 25.7 Å². The lowest BCUT2D eigenvalue weighted by Gasteiger charge is -2.06. The van der Waals surface area contributed by atoms with E-state index < -0.39 is 11.6 Å². The Morgan fingerprint density at radius 2 is 2.00 bits per heavy atom. The third-order valence-corrected chi connectivity index (χ3v) is 6.01. The van der Waals surface area contributed by atoms with Crippen molar-refractivity contribution in [2.45, 2.75) is 6.92 Å². The van der Waals surface area contributed by atoms with Gasteiger partial charge in [0.1, 0.15) is 28.7 Å². The van der Waals surface area contributed by atoms with Crippen LogP contribution in [0.25, 0.3) is 16.2 Å². The van der Waals surface area contributed by atoms with Crippen molar-refractivity contribution >= 4 is 40.0 Å². The topological polar surface area (TPSA) is 77.2 Å². The van der Waals surface area contributed by atoms with Gasteiger partial charge in [0.2, 0.25) is 0 Å². The van der Waals surface area contributed by atoms with E-state index in [4.69, 9.17) is 10.5 Å². The van der Waals surface area contributed by atoms with Gasteiger partial charge in [-0.05, 0) is 31.4 Å². The van der Waals surface area contributed by atoms with Crippen molar-refractivity contribution in [3.8, 4) is 17.0 Å². The monoisotopic (exact) mass is 463 g/mol. The zero-order chi connectivity index (χ0) is 23.0. The van der Waals surface area contributed by atoms with Gasteiger partial charge in [0.05, 0.1) is 23.4 Å². The molecule has 0 saturated carbocycles. The quantitative estimate of drug-likeness (QED) is 0.460. The number of carbonyl (C=O) groups is 1. The molecule has 31 heavy (non-hydrogen) atoms. The number of methoxy groups -OCH3 is 1. The molecule has 3 rings (SSSR count). The largest absolute Gasteiger partial charge is 0.497 e. The molecule has 1 heterocycles. The molecule has 0 fully saturated rings. The van der Waals surface area contributed by atoms with Gasteiger partial charge < -0.3 is 15.8 Å². The number of thiazole rings is 1. The first-order valence-electron chi connectivity index (χ1n) is 9.07. The Balaban J connectivity index is 0.000000285. The van der Waals surface area contributed by atoms with E-state index in [1.165, 1.54) is 29.2 Å². The van der Waals surface area contributed by atoms with E-state index in [0.29, 0.717) is 22.7 Å². The number of hydrogen-bond donors (Lipinski definition) is 2. The van der Waals surface area contributed by atoms with E-state index in [2.05, 4.69) is 10.3 Å². The highest BCUT2D eigenvalue weighted by Gasteiger charge is 2.15. The molecule has 3 aromatic rings. The van der Waals surface area contributed by atoms with E-state index in [1.807, 2.05) is 6.26 Å². The molecule has 0 spiro atoms. The van der Waals surface area contributed by atoms with Crippen LogP contribution in [0.3, 0.4) is 0 Å². The van der Waals surface area contributed by atoms with Gasteiger partial charge >= 0.3 is 0 Å². The molecule has 0 aliphatic heterocycles. The van der Waals surface area contributed by atoms with Gasteiger partial charge in [-0.1, -0.05) is 12.1 Å². The molecule has 5 nitrogen and oxygen atoms in total. The minimum absolute atomic E-state index is 0.233. The van der Waals surface area contributed by atoms with Gasteiger partial charge in [0.25, 0.3) is 0 Å². The predicted octanol–water partition coefficient (Wildman–Crippen LogP) is 5.65. The van der Waals surface area contributed by atoms with Crippen molar-refractivity contribution in [3.63, 3.8) is 0 Å². The van der Waals surface area contributed by atoms with Crippen LogP contribution in [0.15, 0.2) is 47.5 Å². The Labute approximate surface area is 188 Å². The molecule has 0 atom stereocenters. The summed E-state index contributed by atoms with van der Waals surface area (Å²) < 4.78 is 32.3. The van der Waals surface area contributed by atoms with Crippen LogP contribution in [0.4, 0.5) is 14.5 Å². The molecule has 0 unspecified atom stereocenters. The fourth-order valence-electron chi connectivity index (χ4n) is 2.57. The summed E-state index contributed by atoms with van der Waals surface area (Å²) in [7, 11) is 3.16. The van der Waals surface area contributed by atoms with Crippen LogP contribution < -0.4 is 15.8 Å². The molecule has 0 bridgehead atoms. The van der Waals surface area contributed by atoms with Gasteiger partial charge in [0, 0.05) is 35.3 Å². The summed E-state index contributed by atoms with van der Waals surface area (Å²) in [5, 5.41) is 5.16. The Hall–Kier alpha value is -2.91. The second-order valence-electron chi connectivity index (χ2n) is 6.21. The highest BCUT2D eigenvalue weighted by Crippen LogP contribution is 2.34. The van der Waals surface area contributed by atoms with Crippen molar-refractivity contribution in [3.05, 3.63) is 69.7 Å². The minimum Gasteiger partial charge on any atom is -0.497 e. The fourth-order valence-corrected chi connectivity index (χ4v) is 4.33. The van der Waals surface area contributed by atoms with Crippen LogP contribution in [0.1, 0.15) is 22.3 Å². The standard InChI is InChI=1S/C14H15F2N3S2.C8H8O2/c1-7(17)13(20-3)14-19-12(6-21-14)8-4-11(18-2)10(16)5-9(8)15;1-10-8-4-2-3-7(5-8)6-9/h4-6,18H,17H2,1-3H3;2-6H,1H3/b13-7+;. The first-order valence-corrected chi connectivity index (χ1v) is 11.2. The average molecular weight is 464 g/mol. The average Bonchev–Trinajstić information content (AvgIpc) is 3.24. The van der Waals surface area contributed by atoms with E-state index >= 15 is 0 Å². The number of carbonyl (C=O) groups excluding carboxylic acids is 1. The second-order valence-corrected chi connectivity index (χ2v) is 7.89. The van der Waals surface area contributed by atoms with Crippen molar-refractivity contribution < 1.29 is 18.3 Å². The second kappa shape index (κ2) is 11.5. The molecule has 0 amide bonds. The number of ether oxygens (including phenoxy) is 1. The zero-order valence-electron chi connectivity index (χ0n) is 17.5. The molecule has 164 valence electrons. The number of allylic oxidation sites excluding steroid dienone is 1. The summed E-state index contributed by atoms with van der Waals surface area (Å²) in [5.74, 6) is -0.552. The van der Waals surface area contributed by atoms with Gasteiger partial charge in [-0.25, -0.2) is 13.8 Å². The number of aromatic nitrogens is 1. The lowest BCUT2D eigenvalue weighted by molar-refractivity contribution is 0.112. The number of thioether (sulfide) groups is 1. The molecule has 0 saturated heterocycles. The van der Waals surface area contributed by atoms with Crippen molar-refractivity contribution in [1.82, 2.24) is 4.98 Å².